The van der Waals surface area contributed by atoms with Crippen molar-refractivity contribution in [1.82, 2.24) is 9.97 Å². The van der Waals surface area contributed by atoms with Gasteiger partial charge in [0.1, 0.15) is 11.8 Å². The number of nitrogens with one attached hydrogen (secondary N) is 1. The molecule has 3 aromatic rings. The quantitative estimate of drug-likeness (QED) is 0.559. The number of aromatic amines is 1. The molecule has 3 unspecified atom stereocenters. The van der Waals surface area contributed by atoms with Gasteiger partial charge in [-0.2, -0.15) is 0 Å². The molecule has 0 saturated heterocycles. The third kappa shape index (κ3) is 2.67. The van der Waals surface area contributed by atoms with Crippen molar-refractivity contribution in [2.45, 2.75) is 24.5 Å². The number of fused-ring (bicyclic) bond motifs is 3. The highest BCUT2D eigenvalue weighted by molar-refractivity contribution is 6.09. The fourth-order valence-electron chi connectivity index (χ4n) is 3.63. The van der Waals surface area contributed by atoms with E-state index in [1.807, 2.05) is 36.4 Å². The predicted octanol–water partition coefficient (Wildman–Crippen LogP) is 2.92. The van der Waals surface area contributed by atoms with Gasteiger partial charge in [-0.05, 0) is 18.6 Å². The van der Waals surface area contributed by atoms with E-state index in [-0.39, 0.29) is 17.7 Å². The van der Waals surface area contributed by atoms with Crippen LogP contribution in [0.15, 0.2) is 42.5 Å². The number of ether oxygens (including phenoxy) is 2. The van der Waals surface area contributed by atoms with Gasteiger partial charge < -0.3 is 19.6 Å². The summed E-state index contributed by atoms with van der Waals surface area (Å²) in [5, 5.41) is 12.3. The van der Waals surface area contributed by atoms with E-state index in [9.17, 15) is 9.90 Å². The van der Waals surface area contributed by atoms with Crippen molar-refractivity contribution >= 4 is 27.8 Å². The molecule has 0 amide bonds. The molecule has 4 rings (SSSR count). The molecule has 0 fully saturated rings. The van der Waals surface area contributed by atoms with Crippen LogP contribution in [0.1, 0.15) is 28.5 Å². The van der Waals surface area contributed by atoms with E-state index in [1.165, 1.54) is 7.11 Å². The first-order valence-corrected chi connectivity index (χ1v) is 8.51. The van der Waals surface area contributed by atoms with E-state index in [2.05, 4.69) is 9.97 Å². The van der Waals surface area contributed by atoms with Crippen LogP contribution in [0.3, 0.4) is 0 Å². The smallest absolute Gasteiger partial charge is 0.356 e. The fourth-order valence-corrected chi connectivity index (χ4v) is 3.63. The van der Waals surface area contributed by atoms with Crippen molar-refractivity contribution in [3.8, 4) is 0 Å². The predicted molar refractivity (Wildman–Crippen MR) is 98.2 cm³/mol. The number of pyridine rings is 1. The highest BCUT2D eigenvalue weighted by Crippen LogP contribution is 2.35. The number of aliphatic hydroxyl groups is 1. The maximum atomic E-state index is 12.1. The van der Waals surface area contributed by atoms with E-state index in [4.69, 9.17) is 9.47 Å². The van der Waals surface area contributed by atoms with E-state index < -0.39 is 12.1 Å². The number of carbonyl (C=O) groups is 1. The van der Waals surface area contributed by atoms with E-state index in [0.717, 1.165) is 27.5 Å². The van der Waals surface area contributed by atoms with Crippen LogP contribution in [0.4, 0.5) is 0 Å². The average Bonchev–Trinajstić information content (AvgIpc) is 3.05. The SMILES string of the molecule is COC(=O)c1cc2c([nH]c3ccccc32)c(C2C=CC(OC)C(O)C2)n1. The Morgan fingerprint density at radius 2 is 2.04 bits per heavy atom. The number of rotatable bonds is 3. The van der Waals surface area contributed by atoms with Gasteiger partial charge in [0.15, 0.2) is 0 Å². The first kappa shape index (κ1) is 16.8. The number of aromatic nitrogens is 2. The van der Waals surface area contributed by atoms with Crippen LogP contribution >= 0.6 is 0 Å². The molecule has 2 aromatic heterocycles. The number of carbonyl (C=O) groups excluding carboxylic acids is 1. The average molecular weight is 352 g/mol. The van der Waals surface area contributed by atoms with Crippen LogP contribution in [-0.4, -0.2) is 47.5 Å². The van der Waals surface area contributed by atoms with Crippen LogP contribution in [0, 0.1) is 0 Å². The normalized spacial score (nSPS) is 22.8. The molecule has 0 radical (unpaired) electrons. The highest BCUT2D eigenvalue weighted by Gasteiger charge is 2.29. The van der Waals surface area contributed by atoms with Crippen LogP contribution in [0.5, 0.6) is 0 Å². The number of allylic oxidation sites excluding steroid dienone is 1. The number of aliphatic hydroxyl groups excluding tert-OH is 1. The second kappa shape index (κ2) is 6.55. The number of hydrogen-bond donors (Lipinski definition) is 2. The monoisotopic (exact) mass is 352 g/mol. The van der Waals surface area contributed by atoms with Gasteiger partial charge in [-0.3, -0.25) is 0 Å². The first-order valence-electron chi connectivity index (χ1n) is 8.51. The van der Waals surface area contributed by atoms with Crippen LogP contribution in [-0.2, 0) is 9.47 Å². The third-order valence-electron chi connectivity index (χ3n) is 4.95. The summed E-state index contributed by atoms with van der Waals surface area (Å²) in [5.74, 6) is -0.606. The summed E-state index contributed by atoms with van der Waals surface area (Å²) in [5.41, 5.74) is 2.83. The highest BCUT2D eigenvalue weighted by atomic mass is 16.5. The van der Waals surface area contributed by atoms with Gasteiger partial charge in [-0.25, -0.2) is 9.78 Å². The maximum absolute atomic E-state index is 12.1. The lowest BCUT2D eigenvalue weighted by atomic mass is 9.88. The molecule has 26 heavy (non-hydrogen) atoms. The Hall–Kier alpha value is -2.70. The summed E-state index contributed by atoms with van der Waals surface area (Å²) in [6.45, 7) is 0. The Balaban J connectivity index is 1.94. The Morgan fingerprint density at radius 1 is 1.23 bits per heavy atom. The van der Waals surface area contributed by atoms with Gasteiger partial charge in [0.2, 0.25) is 0 Å². The molecular formula is C20H20N2O4. The Morgan fingerprint density at radius 3 is 2.77 bits per heavy atom. The molecule has 1 aliphatic carbocycles. The minimum absolute atomic E-state index is 0.128. The third-order valence-corrected chi connectivity index (χ3v) is 4.95. The lowest BCUT2D eigenvalue weighted by molar-refractivity contribution is 0.00570. The lowest BCUT2D eigenvalue weighted by Gasteiger charge is -2.27. The maximum Gasteiger partial charge on any atom is 0.356 e. The molecule has 134 valence electrons. The Kier molecular flexibility index (Phi) is 4.22. The zero-order chi connectivity index (χ0) is 18.3. The number of H-pyrrole nitrogens is 1. The zero-order valence-corrected chi connectivity index (χ0v) is 14.6. The molecule has 1 aliphatic rings. The van der Waals surface area contributed by atoms with Crippen molar-refractivity contribution in [3.05, 3.63) is 53.9 Å². The van der Waals surface area contributed by atoms with Gasteiger partial charge in [0, 0.05) is 29.3 Å². The Bertz CT molecular complexity index is 1010. The fraction of sp³-hybridized carbons (Fsp3) is 0.300. The first-order chi connectivity index (χ1) is 12.6. The van der Waals surface area contributed by atoms with E-state index >= 15 is 0 Å². The van der Waals surface area contributed by atoms with Crippen molar-refractivity contribution in [2.24, 2.45) is 0 Å². The molecular weight excluding hydrogens is 332 g/mol. The van der Waals surface area contributed by atoms with Crippen molar-refractivity contribution in [3.63, 3.8) is 0 Å². The molecule has 2 heterocycles. The molecule has 3 atom stereocenters. The summed E-state index contributed by atoms with van der Waals surface area (Å²) in [7, 11) is 2.92. The van der Waals surface area contributed by atoms with Crippen molar-refractivity contribution < 1.29 is 19.4 Å². The number of nitrogens with zero attached hydrogens (tertiary/aromatic N) is 1. The van der Waals surface area contributed by atoms with Gasteiger partial charge >= 0.3 is 5.97 Å². The molecule has 0 aliphatic heterocycles. The molecule has 0 saturated carbocycles. The standard InChI is InChI=1S/C20H20N2O4/c1-25-17-8-7-11(9-16(17)23)18-19-13(10-15(22-18)20(24)26-2)12-5-3-4-6-14(12)21-19/h3-8,10-11,16-17,21,23H,9H2,1-2H3. The van der Waals surface area contributed by atoms with Crippen molar-refractivity contribution in [1.29, 1.82) is 0 Å². The molecule has 0 spiro atoms. The minimum atomic E-state index is -0.627. The number of benzene rings is 1. The summed E-state index contributed by atoms with van der Waals surface area (Å²) in [6.07, 6.45) is 3.35. The second-order valence-corrected chi connectivity index (χ2v) is 6.47. The van der Waals surface area contributed by atoms with Gasteiger partial charge in [-0.15, -0.1) is 0 Å². The van der Waals surface area contributed by atoms with Crippen LogP contribution in [0.25, 0.3) is 21.8 Å². The molecule has 6 heteroatoms. The van der Waals surface area contributed by atoms with E-state index in [0.29, 0.717) is 6.42 Å². The number of hydrogen-bond acceptors (Lipinski definition) is 5. The zero-order valence-electron chi connectivity index (χ0n) is 14.6. The van der Waals surface area contributed by atoms with Crippen molar-refractivity contribution in [2.75, 3.05) is 14.2 Å². The van der Waals surface area contributed by atoms with Gasteiger partial charge in [0.25, 0.3) is 0 Å². The molecule has 0 bridgehead atoms. The lowest BCUT2D eigenvalue weighted by Crippen LogP contribution is -2.31. The second-order valence-electron chi connectivity index (χ2n) is 6.47. The largest absolute Gasteiger partial charge is 0.464 e. The van der Waals surface area contributed by atoms with Crippen LogP contribution < -0.4 is 0 Å². The van der Waals surface area contributed by atoms with Gasteiger partial charge in [-0.1, -0.05) is 30.4 Å². The topological polar surface area (TPSA) is 84.4 Å². The van der Waals surface area contributed by atoms with E-state index in [1.54, 1.807) is 13.2 Å². The molecule has 6 nitrogen and oxygen atoms in total. The summed E-state index contributed by atoms with van der Waals surface area (Å²) >= 11 is 0. The van der Waals surface area contributed by atoms with Gasteiger partial charge in [0.05, 0.1) is 24.4 Å². The number of para-hydroxylation sites is 1. The number of methoxy groups -OCH3 is 2. The Labute approximate surface area is 150 Å². The molecule has 2 N–H and O–H groups in total. The number of esters is 1. The summed E-state index contributed by atoms with van der Waals surface area (Å²) in [4.78, 5) is 20.1. The molecule has 1 aromatic carbocycles. The summed E-state index contributed by atoms with van der Waals surface area (Å²) < 4.78 is 10.1. The minimum Gasteiger partial charge on any atom is -0.464 e. The van der Waals surface area contributed by atoms with Crippen LogP contribution in [0.2, 0.25) is 0 Å². The summed E-state index contributed by atoms with van der Waals surface area (Å²) in [6, 6.07) is 9.67.